The van der Waals surface area contributed by atoms with Crippen LogP contribution in [0, 0.1) is 11.3 Å². The zero-order chi connectivity index (χ0) is 13.3. The number of benzene rings is 1. The van der Waals surface area contributed by atoms with Gasteiger partial charge in [-0.1, -0.05) is 30.3 Å². The second-order valence-electron chi connectivity index (χ2n) is 4.41. The van der Waals surface area contributed by atoms with Crippen LogP contribution in [0.15, 0.2) is 30.3 Å². The molecule has 0 saturated carbocycles. The SMILES string of the molecule is N#CC(CSCc1ccccc1)NN1CCOCC1. The Labute approximate surface area is 118 Å². The molecular formula is C14H19N3OS. The lowest BCUT2D eigenvalue weighted by atomic mass is 10.2. The Morgan fingerprint density at radius 1 is 1.32 bits per heavy atom. The maximum atomic E-state index is 9.17. The van der Waals surface area contributed by atoms with E-state index in [0.29, 0.717) is 0 Å². The highest BCUT2D eigenvalue weighted by Gasteiger charge is 2.15. The largest absolute Gasteiger partial charge is 0.379 e. The number of hydrogen-bond acceptors (Lipinski definition) is 5. The van der Waals surface area contributed by atoms with Gasteiger partial charge in [0.25, 0.3) is 0 Å². The fourth-order valence-corrected chi connectivity index (χ4v) is 2.82. The minimum absolute atomic E-state index is 0.133. The first-order valence-electron chi connectivity index (χ1n) is 6.48. The summed E-state index contributed by atoms with van der Waals surface area (Å²) in [7, 11) is 0. The molecule has 0 spiro atoms. The number of nitriles is 1. The Morgan fingerprint density at radius 3 is 2.74 bits per heavy atom. The second-order valence-corrected chi connectivity index (χ2v) is 5.44. The zero-order valence-corrected chi connectivity index (χ0v) is 11.7. The molecule has 5 heteroatoms. The van der Waals surface area contributed by atoms with E-state index in [-0.39, 0.29) is 6.04 Å². The number of morpholine rings is 1. The van der Waals surface area contributed by atoms with E-state index in [2.05, 4.69) is 28.6 Å². The van der Waals surface area contributed by atoms with E-state index >= 15 is 0 Å². The van der Waals surface area contributed by atoms with Gasteiger partial charge in [-0.05, 0) is 5.56 Å². The maximum Gasteiger partial charge on any atom is 0.117 e. The lowest BCUT2D eigenvalue weighted by Crippen LogP contribution is -2.50. The minimum Gasteiger partial charge on any atom is -0.379 e. The van der Waals surface area contributed by atoms with E-state index in [1.54, 1.807) is 11.8 Å². The molecule has 0 amide bonds. The Bertz CT molecular complexity index is 401. The molecule has 1 aliphatic rings. The molecule has 0 radical (unpaired) electrons. The first kappa shape index (κ1) is 14.4. The predicted octanol–water partition coefficient (Wildman–Crippen LogP) is 1.65. The summed E-state index contributed by atoms with van der Waals surface area (Å²) in [5, 5.41) is 11.3. The predicted molar refractivity (Wildman–Crippen MR) is 77.5 cm³/mol. The van der Waals surface area contributed by atoms with Gasteiger partial charge in [0.2, 0.25) is 0 Å². The van der Waals surface area contributed by atoms with E-state index in [0.717, 1.165) is 37.8 Å². The molecule has 1 aromatic carbocycles. The van der Waals surface area contributed by atoms with Gasteiger partial charge >= 0.3 is 0 Å². The number of nitrogens with one attached hydrogen (secondary N) is 1. The molecule has 1 N–H and O–H groups in total. The molecule has 1 aliphatic heterocycles. The van der Waals surface area contributed by atoms with Crippen molar-refractivity contribution in [2.75, 3.05) is 32.1 Å². The molecule has 19 heavy (non-hydrogen) atoms. The summed E-state index contributed by atoms with van der Waals surface area (Å²) in [5.41, 5.74) is 4.56. The van der Waals surface area contributed by atoms with Gasteiger partial charge in [-0.15, -0.1) is 0 Å². The number of hydrogen-bond donors (Lipinski definition) is 1. The molecule has 1 heterocycles. The summed E-state index contributed by atoms with van der Waals surface area (Å²) in [4.78, 5) is 0. The van der Waals surface area contributed by atoms with E-state index in [1.807, 2.05) is 18.2 Å². The van der Waals surface area contributed by atoms with Crippen molar-refractivity contribution in [1.29, 1.82) is 5.26 Å². The molecular weight excluding hydrogens is 258 g/mol. The highest BCUT2D eigenvalue weighted by Crippen LogP contribution is 2.12. The molecule has 1 atom stereocenters. The monoisotopic (exact) mass is 277 g/mol. The van der Waals surface area contributed by atoms with Gasteiger partial charge in [-0.2, -0.15) is 17.0 Å². The number of nitrogens with zero attached hydrogens (tertiary/aromatic N) is 2. The van der Waals surface area contributed by atoms with Crippen LogP contribution in [0.2, 0.25) is 0 Å². The fraction of sp³-hybridized carbons (Fsp3) is 0.500. The van der Waals surface area contributed by atoms with E-state index in [9.17, 15) is 5.26 Å². The number of thioether (sulfide) groups is 1. The molecule has 1 fully saturated rings. The van der Waals surface area contributed by atoms with Gasteiger partial charge in [0.05, 0.1) is 19.3 Å². The molecule has 4 nitrogen and oxygen atoms in total. The Hall–Kier alpha value is -1.06. The van der Waals surface area contributed by atoms with Crippen LogP contribution in [-0.2, 0) is 10.5 Å². The summed E-state index contributed by atoms with van der Waals surface area (Å²) in [6.45, 7) is 3.17. The van der Waals surface area contributed by atoms with Gasteiger partial charge in [0, 0.05) is 24.6 Å². The van der Waals surface area contributed by atoms with Crippen molar-refractivity contribution >= 4 is 11.8 Å². The fourth-order valence-electron chi connectivity index (χ4n) is 1.89. The molecule has 102 valence electrons. The van der Waals surface area contributed by atoms with E-state index < -0.39 is 0 Å². The molecule has 1 saturated heterocycles. The molecule has 1 unspecified atom stereocenters. The molecule has 0 aliphatic carbocycles. The third kappa shape index (κ3) is 5.21. The van der Waals surface area contributed by atoms with Crippen molar-refractivity contribution < 1.29 is 4.74 Å². The third-order valence-electron chi connectivity index (χ3n) is 2.90. The molecule has 2 rings (SSSR count). The van der Waals surface area contributed by atoms with Gasteiger partial charge in [0.1, 0.15) is 6.04 Å². The maximum absolute atomic E-state index is 9.17. The summed E-state index contributed by atoms with van der Waals surface area (Å²) in [5.74, 6) is 1.74. The molecule has 0 bridgehead atoms. The van der Waals surface area contributed by atoms with Crippen molar-refractivity contribution in [1.82, 2.24) is 10.4 Å². The third-order valence-corrected chi connectivity index (χ3v) is 4.01. The number of rotatable bonds is 6. The number of ether oxygens (including phenoxy) is 1. The van der Waals surface area contributed by atoms with Crippen LogP contribution in [0.3, 0.4) is 0 Å². The average molecular weight is 277 g/mol. The van der Waals surface area contributed by atoms with E-state index in [1.165, 1.54) is 5.56 Å². The summed E-state index contributed by atoms with van der Waals surface area (Å²) < 4.78 is 5.28. The first-order valence-corrected chi connectivity index (χ1v) is 7.64. The highest BCUT2D eigenvalue weighted by atomic mass is 32.2. The quantitative estimate of drug-likeness (QED) is 0.857. The van der Waals surface area contributed by atoms with Crippen LogP contribution in [0.5, 0.6) is 0 Å². The van der Waals surface area contributed by atoms with Gasteiger partial charge in [-0.3, -0.25) is 0 Å². The van der Waals surface area contributed by atoms with Crippen molar-refractivity contribution in [3.8, 4) is 6.07 Å². The van der Waals surface area contributed by atoms with Crippen molar-refractivity contribution in [2.45, 2.75) is 11.8 Å². The van der Waals surface area contributed by atoms with Crippen molar-refractivity contribution in [2.24, 2.45) is 0 Å². The van der Waals surface area contributed by atoms with Crippen LogP contribution in [0.1, 0.15) is 5.56 Å². The van der Waals surface area contributed by atoms with Crippen molar-refractivity contribution in [3.05, 3.63) is 35.9 Å². The molecule has 0 aromatic heterocycles. The van der Waals surface area contributed by atoms with Gasteiger partial charge in [-0.25, -0.2) is 10.4 Å². The lowest BCUT2D eigenvalue weighted by Gasteiger charge is -2.29. The zero-order valence-electron chi connectivity index (χ0n) is 10.9. The van der Waals surface area contributed by atoms with Crippen LogP contribution in [-0.4, -0.2) is 43.1 Å². The summed E-state index contributed by atoms with van der Waals surface area (Å²) >= 11 is 1.78. The lowest BCUT2D eigenvalue weighted by molar-refractivity contribution is 0.00918. The highest BCUT2D eigenvalue weighted by molar-refractivity contribution is 7.98. The van der Waals surface area contributed by atoms with Crippen molar-refractivity contribution in [3.63, 3.8) is 0 Å². The molecule has 1 aromatic rings. The Balaban J connectivity index is 1.69. The van der Waals surface area contributed by atoms with Gasteiger partial charge in [0.15, 0.2) is 0 Å². The topological polar surface area (TPSA) is 48.3 Å². The number of hydrazine groups is 1. The Kier molecular flexibility index (Phi) is 6.18. The standard InChI is InChI=1S/C14H19N3OS/c15-10-14(16-17-6-8-18-9-7-17)12-19-11-13-4-2-1-3-5-13/h1-5,14,16H,6-9,11-12H2. The van der Waals surface area contributed by atoms with E-state index in [4.69, 9.17) is 4.74 Å². The smallest absolute Gasteiger partial charge is 0.117 e. The Morgan fingerprint density at radius 2 is 2.05 bits per heavy atom. The summed E-state index contributed by atoms with van der Waals surface area (Å²) in [6, 6.07) is 12.5. The van der Waals surface area contributed by atoms with Crippen LogP contribution < -0.4 is 5.43 Å². The van der Waals surface area contributed by atoms with Crippen LogP contribution >= 0.6 is 11.8 Å². The summed E-state index contributed by atoms with van der Waals surface area (Å²) in [6.07, 6.45) is 0. The minimum atomic E-state index is -0.133. The van der Waals surface area contributed by atoms with Crippen LogP contribution in [0.4, 0.5) is 0 Å². The first-order chi connectivity index (χ1) is 9.38. The second kappa shape index (κ2) is 8.18. The average Bonchev–Trinajstić information content (AvgIpc) is 2.48. The normalized spacial score (nSPS) is 17.8. The van der Waals surface area contributed by atoms with Gasteiger partial charge < -0.3 is 4.74 Å². The van der Waals surface area contributed by atoms with Crippen LogP contribution in [0.25, 0.3) is 0 Å².